The van der Waals surface area contributed by atoms with E-state index in [4.69, 9.17) is 9.47 Å². The molecular weight excluding hydrogens is 334 g/mol. The largest absolute Gasteiger partial charge is 0.382 e. The Bertz CT molecular complexity index is 712. The molecule has 3 rings (SSSR count). The zero-order chi connectivity index (χ0) is 18.4. The van der Waals surface area contributed by atoms with Crippen LogP contribution in [0, 0.1) is 6.92 Å². The predicted molar refractivity (Wildman–Crippen MR) is 95.2 cm³/mol. The molecule has 0 aromatic carbocycles. The quantitative estimate of drug-likeness (QED) is 0.756. The standard InChI is InChI=1S/C18H25N5O3/c1-13-11-16(22-18(20-13)23-8-7-19-12-23)17(24)21-14-3-5-15(6-4-14)26-10-9-25-2/h7-8,11-12,14-15H,3-6,9-10H2,1-2H3,(H,21,24)/t14-,15-. The average Bonchev–Trinajstić information content (AvgIpc) is 3.18. The van der Waals surface area contributed by atoms with Crippen LogP contribution in [0.15, 0.2) is 24.8 Å². The molecule has 8 heteroatoms. The molecule has 1 aliphatic carbocycles. The Balaban J connectivity index is 1.56. The number of nitrogens with one attached hydrogen (secondary N) is 1. The van der Waals surface area contributed by atoms with Crippen LogP contribution >= 0.6 is 0 Å². The maximum absolute atomic E-state index is 12.6. The van der Waals surface area contributed by atoms with Crippen molar-refractivity contribution in [3.8, 4) is 5.95 Å². The van der Waals surface area contributed by atoms with Crippen molar-refractivity contribution in [3.05, 3.63) is 36.2 Å². The summed E-state index contributed by atoms with van der Waals surface area (Å²) in [5.74, 6) is 0.281. The zero-order valence-electron chi connectivity index (χ0n) is 15.2. The highest BCUT2D eigenvalue weighted by atomic mass is 16.5. The lowest BCUT2D eigenvalue weighted by molar-refractivity contribution is -0.00409. The van der Waals surface area contributed by atoms with Gasteiger partial charge in [0.15, 0.2) is 0 Å². The van der Waals surface area contributed by atoms with Crippen molar-refractivity contribution in [2.24, 2.45) is 0 Å². The first-order chi connectivity index (χ1) is 12.7. The molecule has 1 N–H and O–H groups in total. The molecule has 1 aliphatic rings. The van der Waals surface area contributed by atoms with Crippen LogP contribution in [0.5, 0.6) is 0 Å². The van der Waals surface area contributed by atoms with Crippen molar-refractivity contribution in [3.63, 3.8) is 0 Å². The van der Waals surface area contributed by atoms with Crippen LogP contribution in [-0.4, -0.2) is 57.9 Å². The van der Waals surface area contributed by atoms with E-state index in [0.29, 0.717) is 24.9 Å². The fourth-order valence-corrected chi connectivity index (χ4v) is 3.09. The van der Waals surface area contributed by atoms with Crippen molar-refractivity contribution in [2.45, 2.75) is 44.8 Å². The van der Waals surface area contributed by atoms with Gasteiger partial charge in [0.05, 0.1) is 19.3 Å². The number of aryl methyl sites for hydroxylation is 1. The first-order valence-corrected chi connectivity index (χ1v) is 8.91. The molecule has 0 radical (unpaired) electrons. The summed E-state index contributed by atoms with van der Waals surface area (Å²) in [6.07, 6.45) is 8.97. The van der Waals surface area contributed by atoms with Gasteiger partial charge in [0.25, 0.3) is 5.91 Å². The molecule has 0 unspecified atom stereocenters. The zero-order valence-corrected chi connectivity index (χ0v) is 15.2. The lowest BCUT2D eigenvalue weighted by Crippen LogP contribution is -2.39. The van der Waals surface area contributed by atoms with Crippen LogP contribution in [0.1, 0.15) is 41.9 Å². The number of carbonyl (C=O) groups excluding carboxylic acids is 1. The van der Waals surface area contributed by atoms with E-state index >= 15 is 0 Å². The molecule has 1 saturated carbocycles. The van der Waals surface area contributed by atoms with Crippen LogP contribution in [0.25, 0.3) is 5.95 Å². The van der Waals surface area contributed by atoms with Crippen LogP contribution in [0.3, 0.4) is 0 Å². The second-order valence-electron chi connectivity index (χ2n) is 6.48. The number of amides is 1. The highest BCUT2D eigenvalue weighted by Crippen LogP contribution is 2.21. The molecule has 1 fully saturated rings. The van der Waals surface area contributed by atoms with Gasteiger partial charge in [0.1, 0.15) is 12.0 Å². The minimum atomic E-state index is -0.166. The molecule has 8 nitrogen and oxygen atoms in total. The summed E-state index contributed by atoms with van der Waals surface area (Å²) in [5, 5.41) is 3.09. The molecule has 0 bridgehead atoms. The fraction of sp³-hybridized carbons (Fsp3) is 0.556. The van der Waals surface area contributed by atoms with Gasteiger partial charge in [-0.05, 0) is 38.7 Å². The number of carbonyl (C=O) groups is 1. The Hall–Kier alpha value is -2.32. The molecule has 140 valence electrons. The van der Waals surface area contributed by atoms with Gasteiger partial charge in [0, 0.05) is 31.2 Å². The monoisotopic (exact) mass is 359 g/mol. The summed E-state index contributed by atoms with van der Waals surface area (Å²) in [6, 6.07) is 1.85. The molecule has 1 amide bonds. The van der Waals surface area contributed by atoms with E-state index in [1.807, 2.05) is 6.92 Å². The van der Waals surface area contributed by atoms with E-state index in [1.165, 1.54) is 0 Å². The van der Waals surface area contributed by atoms with Gasteiger partial charge in [0.2, 0.25) is 5.95 Å². The van der Waals surface area contributed by atoms with E-state index in [1.54, 1.807) is 36.5 Å². The summed E-state index contributed by atoms with van der Waals surface area (Å²) in [7, 11) is 1.67. The van der Waals surface area contributed by atoms with Crippen LogP contribution in [0.4, 0.5) is 0 Å². The number of nitrogens with zero attached hydrogens (tertiary/aromatic N) is 4. The van der Waals surface area contributed by atoms with E-state index in [0.717, 1.165) is 31.4 Å². The first-order valence-electron chi connectivity index (χ1n) is 8.91. The Labute approximate surface area is 153 Å². The summed E-state index contributed by atoms with van der Waals surface area (Å²) in [4.78, 5) is 25.3. The van der Waals surface area contributed by atoms with Crippen molar-refractivity contribution >= 4 is 5.91 Å². The highest BCUT2D eigenvalue weighted by molar-refractivity contribution is 5.92. The van der Waals surface area contributed by atoms with E-state index < -0.39 is 0 Å². The smallest absolute Gasteiger partial charge is 0.270 e. The number of methoxy groups -OCH3 is 1. The molecule has 2 heterocycles. The van der Waals surface area contributed by atoms with Crippen molar-refractivity contribution in [1.82, 2.24) is 24.8 Å². The second-order valence-corrected chi connectivity index (χ2v) is 6.48. The Morgan fingerprint density at radius 3 is 2.77 bits per heavy atom. The summed E-state index contributed by atoms with van der Waals surface area (Å²) in [6.45, 7) is 3.08. The minimum Gasteiger partial charge on any atom is -0.382 e. The Morgan fingerprint density at radius 1 is 1.27 bits per heavy atom. The number of ether oxygens (including phenoxy) is 2. The van der Waals surface area contributed by atoms with Crippen LogP contribution in [0.2, 0.25) is 0 Å². The normalized spacial score (nSPS) is 20.1. The summed E-state index contributed by atoms with van der Waals surface area (Å²) < 4.78 is 12.5. The van der Waals surface area contributed by atoms with Gasteiger partial charge in [-0.15, -0.1) is 0 Å². The van der Waals surface area contributed by atoms with E-state index in [2.05, 4.69) is 20.3 Å². The van der Waals surface area contributed by atoms with Gasteiger partial charge < -0.3 is 14.8 Å². The van der Waals surface area contributed by atoms with Crippen molar-refractivity contribution < 1.29 is 14.3 Å². The van der Waals surface area contributed by atoms with Gasteiger partial charge in [-0.1, -0.05) is 0 Å². The maximum atomic E-state index is 12.6. The lowest BCUT2D eigenvalue weighted by Gasteiger charge is -2.29. The molecule has 26 heavy (non-hydrogen) atoms. The topological polar surface area (TPSA) is 91.2 Å². The number of imidazole rings is 1. The van der Waals surface area contributed by atoms with E-state index in [-0.39, 0.29) is 18.1 Å². The number of hydrogen-bond acceptors (Lipinski definition) is 6. The summed E-state index contributed by atoms with van der Waals surface area (Å²) in [5.41, 5.74) is 1.11. The number of aromatic nitrogens is 4. The maximum Gasteiger partial charge on any atom is 0.270 e. The Kier molecular flexibility index (Phi) is 6.30. The molecule has 2 aromatic heterocycles. The SMILES string of the molecule is COCCO[C@H]1CC[C@H](NC(=O)c2cc(C)nc(-n3ccnc3)n2)CC1. The van der Waals surface area contributed by atoms with Crippen molar-refractivity contribution in [2.75, 3.05) is 20.3 Å². The van der Waals surface area contributed by atoms with Crippen LogP contribution < -0.4 is 5.32 Å². The second kappa shape index (κ2) is 8.86. The third-order valence-electron chi connectivity index (χ3n) is 4.46. The van der Waals surface area contributed by atoms with Gasteiger partial charge in [-0.3, -0.25) is 9.36 Å². The number of rotatable bonds is 7. The lowest BCUT2D eigenvalue weighted by atomic mass is 9.93. The predicted octanol–water partition coefficient (Wildman–Crippen LogP) is 1.67. The average molecular weight is 359 g/mol. The highest BCUT2D eigenvalue weighted by Gasteiger charge is 2.24. The van der Waals surface area contributed by atoms with Gasteiger partial charge in [-0.25, -0.2) is 15.0 Å². The van der Waals surface area contributed by atoms with Crippen molar-refractivity contribution in [1.29, 1.82) is 0 Å². The third-order valence-corrected chi connectivity index (χ3v) is 4.46. The Morgan fingerprint density at radius 2 is 2.08 bits per heavy atom. The number of hydrogen-bond donors (Lipinski definition) is 1. The summed E-state index contributed by atoms with van der Waals surface area (Å²) >= 11 is 0. The van der Waals surface area contributed by atoms with E-state index in [9.17, 15) is 4.79 Å². The first kappa shape index (κ1) is 18.5. The molecule has 2 aromatic rings. The molecular formula is C18H25N5O3. The van der Waals surface area contributed by atoms with Gasteiger partial charge >= 0.3 is 0 Å². The third kappa shape index (κ3) is 4.86. The molecule has 0 spiro atoms. The molecule has 0 aliphatic heterocycles. The molecule has 0 saturated heterocycles. The minimum absolute atomic E-state index is 0.150. The van der Waals surface area contributed by atoms with Gasteiger partial charge in [-0.2, -0.15) is 0 Å². The molecule has 0 atom stereocenters. The fourth-order valence-electron chi connectivity index (χ4n) is 3.09. The van der Waals surface area contributed by atoms with Crippen LogP contribution in [-0.2, 0) is 9.47 Å².